The molecule has 186 valence electrons. The standard InChI is InChI=1S/C20H25ClF2N6O4S/c1-28-5-7-29(8-6-28)4-2-3-25-20(31)26-18-16(33-19(24)30)17(27-34-18)32-11-13-14(22)9-12(21)10-15(13)23/h9-10H,2-8,11H2,1H3,(H2,24,30)(H2,25,26,31). The maximum absolute atomic E-state index is 14.0. The van der Waals surface area contributed by atoms with Crippen LogP contribution in [-0.2, 0) is 6.61 Å². The number of carbonyl (C=O) groups is 2. The number of carbonyl (C=O) groups excluding carboxylic acids is 2. The molecule has 0 aliphatic carbocycles. The Bertz CT molecular complexity index is 996. The molecule has 1 fully saturated rings. The second-order valence-electron chi connectivity index (χ2n) is 7.58. The predicted octanol–water partition coefficient (Wildman–Crippen LogP) is 2.87. The molecule has 34 heavy (non-hydrogen) atoms. The van der Waals surface area contributed by atoms with E-state index in [1.807, 2.05) is 0 Å². The third-order valence-electron chi connectivity index (χ3n) is 5.04. The summed E-state index contributed by atoms with van der Waals surface area (Å²) in [6, 6.07) is 1.33. The summed E-state index contributed by atoms with van der Waals surface area (Å²) >= 11 is 6.36. The van der Waals surface area contributed by atoms with E-state index in [4.69, 9.17) is 26.8 Å². The summed E-state index contributed by atoms with van der Waals surface area (Å²) < 4.78 is 42.1. The summed E-state index contributed by atoms with van der Waals surface area (Å²) in [7, 11) is 2.09. The van der Waals surface area contributed by atoms with Gasteiger partial charge in [0.2, 0.25) is 5.75 Å². The number of urea groups is 1. The first-order chi connectivity index (χ1) is 16.2. The number of nitrogens with zero attached hydrogens (tertiary/aromatic N) is 3. The normalized spacial score (nSPS) is 14.6. The van der Waals surface area contributed by atoms with Crippen LogP contribution in [0.4, 0.5) is 23.4 Å². The minimum Gasteiger partial charge on any atom is -0.469 e. The van der Waals surface area contributed by atoms with Gasteiger partial charge in [0.25, 0.3) is 5.88 Å². The number of hydrogen-bond donors (Lipinski definition) is 3. The van der Waals surface area contributed by atoms with Crippen LogP contribution in [0.2, 0.25) is 5.02 Å². The van der Waals surface area contributed by atoms with Gasteiger partial charge in [0, 0.05) is 37.7 Å². The van der Waals surface area contributed by atoms with Crippen LogP contribution in [0.15, 0.2) is 12.1 Å². The van der Waals surface area contributed by atoms with Gasteiger partial charge in [-0.15, -0.1) is 4.37 Å². The Balaban J connectivity index is 1.54. The van der Waals surface area contributed by atoms with Crippen LogP contribution in [-0.4, -0.2) is 72.6 Å². The highest BCUT2D eigenvalue weighted by molar-refractivity contribution is 7.11. The highest BCUT2D eigenvalue weighted by Gasteiger charge is 2.22. The molecule has 0 unspecified atom stereocenters. The van der Waals surface area contributed by atoms with Crippen LogP contribution in [0, 0.1) is 11.6 Å². The van der Waals surface area contributed by atoms with Crippen LogP contribution in [0.5, 0.6) is 11.6 Å². The fourth-order valence-corrected chi connectivity index (χ4v) is 4.05. The van der Waals surface area contributed by atoms with Gasteiger partial charge in [-0.3, -0.25) is 5.32 Å². The third kappa shape index (κ3) is 7.38. The number of nitrogens with one attached hydrogen (secondary N) is 2. The summed E-state index contributed by atoms with van der Waals surface area (Å²) in [6.07, 6.45) is -0.415. The number of benzene rings is 1. The zero-order valence-electron chi connectivity index (χ0n) is 18.4. The highest BCUT2D eigenvalue weighted by Crippen LogP contribution is 2.39. The van der Waals surface area contributed by atoms with Crippen molar-refractivity contribution < 1.29 is 27.8 Å². The fourth-order valence-electron chi connectivity index (χ4n) is 3.20. The highest BCUT2D eigenvalue weighted by atomic mass is 35.5. The molecule has 0 atom stereocenters. The second kappa shape index (κ2) is 12.1. The Labute approximate surface area is 204 Å². The van der Waals surface area contributed by atoms with E-state index in [0.29, 0.717) is 6.54 Å². The molecular formula is C20H25ClF2N6O4S. The quantitative estimate of drug-likeness (QED) is 0.436. The molecule has 1 aromatic heterocycles. The number of ether oxygens (including phenoxy) is 2. The maximum Gasteiger partial charge on any atom is 0.410 e. The van der Waals surface area contributed by atoms with Gasteiger partial charge in [-0.05, 0) is 43.7 Å². The van der Waals surface area contributed by atoms with Gasteiger partial charge in [-0.1, -0.05) is 11.6 Å². The Morgan fingerprint density at radius 2 is 1.91 bits per heavy atom. The lowest BCUT2D eigenvalue weighted by molar-refractivity contribution is 0.153. The van der Waals surface area contributed by atoms with Crippen LogP contribution in [0.3, 0.4) is 0 Å². The largest absolute Gasteiger partial charge is 0.469 e. The van der Waals surface area contributed by atoms with Crippen molar-refractivity contribution in [2.24, 2.45) is 5.73 Å². The lowest BCUT2D eigenvalue weighted by Crippen LogP contribution is -2.45. The number of piperazine rings is 1. The van der Waals surface area contributed by atoms with E-state index in [2.05, 4.69) is 31.9 Å². The predicted molar refractivity (Wildman–Crippen MR) is 124 cm³/mol. The average Bonchev–Trinajstić information content (AvgIpc) is 3.12. The van der Waals surface area contributed by atoms with Crippen LogP contribution < -0.4 is 25.8 Å². The molecule has 3 rings (SSSR count). The SMILES string of the molecule is CN1CCN(CCCNC(=O)Nc2snc(OCc3c(F)cc(Cl)cc3F)c2OC(N)=O)CC1. The molecule has 2 heterocycles. The summed E-state index contributed by atoms with van der Waals surface area (Å²) in [5.74, 6) is -2.35. The van der Waals surface area contributed by atoms with E-state index in [-0.39, 0.29) is 21.7 Å². The molecule has 1 saturated heterocycles. The second-order valence-corrected chi connectivity index (χ2v) is 8.79. The van der Waals surface area contributed by atoms with Crippen molar-refractivity contribution in [3.8, 4) is 11.6 Å². The van der Waals surface area contributed by atoms with Crippen molar-refractivity contribution in [1.29, 1.82) is 0 Å². The van der Waals surface area contributed by atoms with Crippen molar-refractivity contribution in [1.82, 2.24) is 19.5 Å². The van der Waals surface area contributed by atoms with Gasteiger partial charge < -0.3 is 30.3 Å². The van der Waals surface area contributed by atoms with Gasteiger partial charge in [0.05, 0.1) is 5.56 Å². The van der Waals surface area contributed by atoms with E-state index in [1.165, 1.54) is 0 Å². The number of hydrogen-bond acceptors (Lipinski definition) is 8. The smallest absolute Gasteiger partial charge is 0.410 e. The Morgan fingerprint density at radius 3 is 2.56 bits per heavy atom. The first kappa shape index (κ1) is 25.9. The van der Waals surface area contributed by atoms with Gasteiger partial charge in [0.1, 0.15) is 18.2 Å². The van der Waals surface area contributed by atoms with Gasteiger partial charge in [-0.2, -0.15) is 0 Å². The van der Waals surface area contributed by atoms with E-state index >= 15 is 0 Å². The van der Waals surface area contributed by atoms with Crippen molar-refractivity contribution in [2.45, 2.75) is 13.0 Å². The molecule has 0 radical (unpaired) electrons. The van der Waals surface area contributed by atoms with Crippen molar-refractivity contribution in [2.75, 3.05) is 51.6 Å². The molecule has 0 saturated carbocycles. The fraction of sp³-hybridized carbons (Fsp3) is 0.450. The van der Waals surface area contributed by atoms with Gasteiger partial charge >= 0.3 is 12.1 Å². The van der Waals surface area contributed by atoms with Crippen LogP contribution >= 0.6 is 23.1 Å². The lowest BCUT2D eigenvalue weighted by Gasteiger charge is -2.32. The molecule has 2 aromatic rings. The van der Waals surface area contributed by atoms with Crippen LogP contribution in [0.1, 0.15) is 12.0 Å². The zero-order valence-corrected chi connectivity index (χ0v) is 20.0. The summed E-state index contributed by atoms with van der Waals surface area (Å²) in [5.41, 5.74) is 4.70. The van der Waals surface area contributed by atoms with Crippen molar-refractivity contribution in [3.05, 3.63) is 34.4 Å². The molecule has 10 nitrogen and oxygen atoms in total. The van der Waals surface area contributed by atoms with Gasteiger partial charge in [-0.25, -0.2) is 18.4 Å². The molecule has 1 aromatic carbocycles. The number of rotatable bonds is 9. The number of anilines is 1. The Hall–Kier alpha value is -2.74. The molecule has 1 aliphatic heterocycles. The van der Waals surface area contributed by atoms with Crippen molar-refractivity contribution >= 4 is 40.3 Å². The van der Waals surface area contributed by atoms with Gasteiger partial charge in [0.15, 0.2) is 5.00 Å². The maximum atomic E-state index is 14.0. The van der Waals surface area contributed by atoms with E-state index in [9.17, 15) is 18.4 Å². The Kier molecular flexibility index (Phi) is 9.21. The number of aromatic nitrogens is 1. The third-order valence-corrected chi connectivity index (χ3v) is 5.99. The summed E-state index contributed by atoms with van der Waals surface area (Å²) in [6.45, 7) is 4.74. The monoisotopic (exact) mass is 518 g/mol. The topological polar surface area (TPSA) is 122 Å². The molecule has 0 bridgehead atoms. The average molecular weight is 519 g/mol. The first-order valence-electron chi connectivity index (χ1n) is 10.4. The molecular weight excluding hydrogens is 494 g/mol. The van der Waals surface area contributed by atoms with Crippen molar-refractivity contribution in [3.63, 3.8) is 0 Å². The zero-order chi connectivity index (χ0) is 24.7. The summed E-state index contributed by atoms with van der Waals surface area (Å²) in [4.78, 5) is 28.2. The summed E-state index contributed by atoms with van der Waals surface area (Å²) in [5, 5.41) is 5.17. The van der Waals surface area contributed by atoms with E-state index < -0.39 is 35.9 Å². The number of likely N-dealkylation sites (N-methyl/N-ethyl adjacent to an activating group) is 1. The molecule has 1 aliphatic rings. The number of amides is 3. The molecule has 14 heteroatoms. The minimum atomic E-state index is -1.18. The molecule has 0 spiro atoms. The van der Waals surface area contributed by atoms with Crippen LogP contribution in [0.25, 0.3) is 0 Å². The van der Waals surface area contributed by atoms with E-state index in [0.717, 1.165) is 62.8 Å². The van der Waals surface area contributed by atoms with E-state index in [1.54, 1.807) is 0 Å². The number of halogens is 3. The number of nitrogens with two attached hydrogens (primary N) is 1. The molecule has 3 amide bonds. The first-order valence-corrected chi connectivity index (χ1v) is 11.6. The lowest BCUT2D eigenvalue weighted by atomic mass is 10.2. The number of primary amides is 1. The minimum absolute atomic E-state index is 0.0439. The Morgan fingerprint density at radius 1 is 1.24 bits per heavy atom. The molecule has 4 N–H and O–H groups in total.